The second kappa shape index (κ2) is 5.62. The van der Waals surface area contributed by atoms with Crippen LogP contribution in [0.3, 0.4) is 0 Å². The fourth-order valence-electron chi connectivity index (χ4n) is 1.27. The van der Waals surface area contributed by atoms with E-state index >= 15 is 0 Å². The van der Waals surface area contributed by atoms with Crippen molar-refractivity contribution >= 4 is 40.5 Å². The molecule has 88 valence electrons. The Bertz CT molecular complexity index is 499. The highest BCUT2D eigenvalue weighted by atomic mass is 35.5. The fourth-order valence-corrected chi connectivity index (χ4v) is 3.10. The first kappa shape index (κ1) is 12.5. The maximum Gasteiger partial charge on any atom is 0.175 e. The topological polar surface area (TPSA) is 42.9 Å². The summed E-state index contributed by atoms with van der Waals surface area (Å²) in [6.45, 7) is 1.86. The molecule has 17 heavy (non-hydrogen) atoms. The maximum absolute atomic E-state index is 12.1. The van der Waals surface area contributed by atoms with Crippen molar-refractivity contribution < 1.29 is 4.79 Å². The monoisotopic (exact) mass is 284 g/mol. The summed E-state index contributed by atoms with van der Waals surface area (Å²) < 4.78 is 0.805. The number of carbonyl (C=O) groups excluding carboxylic acids is 1. The van der Waals surface area contributed by atoms with E-state index in [1.54, 1.807) is 29.8 Å². The first-order valence-electron chi connectivity index (χ1n) is 4.89. The number of benzene rings is 1. The molecular weight excluding hydrogens is 276 g/mol. The molecule has 0 radical (unpaired) electrons. The van der Waals surface area contributed by atoms with Crippen molar-refractivity contribution in [2.45, 2.75) is 16.5 Å². The molecule has 0 saturated heterocycles. The van der Waals surface area contributed by atoms with Gasteiger partial charge >= 0.3 is 0 Å². The third kappa shape index (κ3) is 3.28. The standard InChI is InChI=1S/C11H9ClN2OS2/c1-7(17-11-14-13-6-16-11)10(15)8-2-4-9(12)5-3-8/h2-7H,1H3. The molecule has 1 aromatic carbocycles. The van der Waals surface area contributed by atoms with E-state index in [0.717, 1.165) is 4.34 Å². The minimum Gasteiger partial charge on any atom is -0.293 e. The second-order valence-corrected chi connectivity index (χ2v) is 6.19. The number of halogens is 1. The van der Waals surface area contributed by atoms with E-state index in [1.807, 2.05) is 6.92 Å². The highest BCUT2D eigenvalue weighted by Gasteiger charge is 2.17. The Kier molecular flexibility index (Phi) is 4.15. The molecule has 2 rings (SSSR count). The average Bonchev–Trinajstić information content (AvgIpc) is 2.82. The van der Waals surface area contributed by atoms with Crippen LogP contribution < -0.4 is 0 Å². The lowest BCUT2D eigenvalue weighted by Crippen LogP contribution is -2.13. The summed E-state index contributed by atoms with van der Waals surface area (Å²) in [5, 5.41) is 8.10. The summed E-state index contributed by atoms with van der Waals surface area (Å²) in [5.74, 6) is 0.0712. The van der Waals surface area contributed by atoms with Crippen molar-refractivity contribution in [2.75, 3.05) is 0 Å². The molecular formula is C11H9ClN2OS2. The number of thioether (sulfide) groups is 1. The number of hydrogen-bond acceptors (Lipinski definition) is 5. The van der Waals surface area contributed by atoms with Gasteiger partial charge in [-0.2, -0.15) is 0 Å². The lowest BCUT2D eigenvalue weighted by molar-refractivity contribution is 0.0994. The highest BCUT2D eigenvalue weighted by molar-refractivity contribution is 8.02. The van der Waals surface area contributed by atoms with E-state index in [4.69, 9.17) is 11.6 Å². The van der Waals surface area contributed by atoms with Crippen molar-refractivity contribution in [3.63, 3.8) is 0 Å². The Labute approximate surface area is 112 Å². The van der Waals surface area contributed by atoms with Crippen LogP contribution in [0.25, 0.3) is 0 Å². The van der Waals surface area contributed by atoms with Crippen LogP contribution in [0.1, 0.15) is 17.3 Å². The van der Waals surface area contributed by atoms with Crippen LogP contribution in [0.4, 0.5) is 0 Å². The van der Waals surface area contributed by atoms with Crippen LogP contribution in [-0.2, 0) is 0 Å². The quantitative estimate of drug-likeness (QED) is 0.636. The smallest absolute Gasteiger partial charge is 0.175 e. The predicted octanol–water partition coefficient (Wildman–Crippen LogP) is 3.56. The van der Waals surface area contributed by atoms with Crippen molar-refractivity contribution in [2.24, 2.45) is 0 Å². The summed E-state index contributed by atoms with van der Waals surface area (Å²) in [6.07, 6.45) is 0. The van der Waals surface area contributed by atoms with Gasteiger partial charge in [-0.1, -0.05) is 34.7 Å². The Morgan fingerprint density at radius 2 is 2.12 bits per heavy atom. The van der Waals surface area contributed by atoms with Gasteiger partial charge in [0.25, 0.3) is 0 Å². The minimum absolute atomic E-state index is 0.0712. The van der Waals surface area contributed by atoms with Gasteiger partial charge in [-0.25, -0.2) is 0 Å². The van der Waals surface area contributed by atoms with Crippen molar-refractivity contribution in [1.29, 1.82) is 0 Å². The third-order valence-corrected chi connectivity index (χ3v) is 4.28. The zero-order chi connectivity index (χ0) is 12.3. The van der Waals surface area contributed by atoms with Crippen LogP contribution in [0.2, 0.25) is 5.02 Å². The normalized spacial score (nSPS) is 12.4. The van der Waals surface area contributed by atoms with E-state index in [0.29, 0.717) is 10.6 Å². The van der Waals surface area contributed by atoms with Crippen molar-refractivity contribution in [3.05, 3.63) is 40.4 Å². The molecule has 0 bridgehead atoms. The molecule has 1 unspecified atom stereocenters. The van der Waals surface area contributed by atoms with Crippen molar-refractivity contribution in [3.8, 4) is 0 Å². The van der Waals surface area contributed by atoms with Crippen LogP contribution in [0.5, 0.6) is 0 Å². The lowest BCUT2D eigenvalue weighted by atomic mass is 10.1. The van der Waals surface area contributed by atoms with Crippen LogP contribution in [0, 0.1) is 0 Å². The van der Waals surface area contributed by atoms with Gasteiger partial charge in [0.05, 0.1) is 5.25 Å². The van der Waals surface area contributed by atoms with Gasteiger partial charge in [0.2, 0.25) is 0 Å². The molecule has 1 heterocycles. The minimum atomic E-state index is -0.177. The molecule has 0 spiro atoms. The Hall–Kier alpha value is -0.910. The van der Waals surface area contributed by atoms with Gasteiger partial charge in [-0.05, 0) is 31.2 Å². The zero-order valence-corrected chi connectivity index (χ0v) is 11.4. The summed E-state index contributed by atoms with van der Waals surface area (Å²) >= 11 is 8.63. The lowest BCUT2D eigenvalue weighted by Gasteiger charge is -2.07. The summed E-state index contributed by atoms with van der Waals surface area (Å²) in [4.78, 5) is 12.1. The van der Waals surface area contributed by atoms with Gasteiger partial charge < -0.3 is 0 Å². The molecule has 0 saturated carbocycles. The second-order valence-electron chi connectivity index (χ2n) is 3.34. The Balaban J connectivity index is 2.07. The number of nitrogens with zero attached hydrogens (tertiary/aromatic N) is 2. The maximum atomic E-state index is 12.1. The average molecular weight is 285 g/mol. The van der Waals surface area contributed by atoms with Gasteiger partial charge in [-0.15, -0.1) is 10.2 Å². The fraction of sp³-hybridized carbons (Fsp3) is 0.182. The molecule has 0 aliphatic carbocycles. The Morgan fingerprint density at radius 3 is 2.71 bits per heavy atom. The largest absolute Gasteiger partial charge is 0.293 e. The molecule has 1 atom stereocenters. The molecule has 0 N–H and O–H groups in total. The van der Waals surface area contributed by atoms with Gasteiger partial charge in [0.15, 0.2) is 10.1 Å². The van der Waals surface area contributed by atoms with E-state index < -0.39 is 0 Å². The van der Waals surface area contributed by atoms with E-state index in [9.17, 15) is 4.79 Å². The summed E-state index contributed by atoms with van der Waals surface area (Å²) in [6, 6.07) is 6.91. The van der Waals surface area contributed by atoms with E-state index in [-0.39, 0.29) is 11.0 Å². The van der Waals surface area contributed by atoms with Crippen LogP contribution >= 0.6 is 34.7 Å². The molecule has 0 aliphatic heterocycles. The number of aromatic nitrogens is 2. The number of ketones is 1. The first-order valence-corrected chi connectivity index (χ1v) is 7.03. The molecule has 3 nitrogen and oxygen atoms in total. The predicted molar refractivity (Wildman–Crippen MR) is 71.0 cm³/mol. The molecule has 0 aliphatic rings. The van der Waals surface area contributed by atoms with Crippen molar-refractivity contribution in [1.82, 2.24) is 10.2 Å². The molecule has 6 heteroatoms. The van der Waals surface area contributed by atoms with Crippen LogP contribution in [-0.4, -0.2) is 21.2 Å². The third-order valence-electron chi connectivity index (χ3n) is 2.12. The SMILES string of the molecule is CC(Sc1nncs1)C(=O)c1ccc(Cl)cc1. The summed E-state index contributed by atoms with van der Waals surface area (Å²) in [5.41, 5.74) is 2.32. The van der Waals surface area contributed by atoms with Gasteiger partial charge in [0.1, 0.15) is 5.51 Å². The van der Waals surface area contributed by atoms with Gasteiger partial charge in [-0.3, -0.25) is 4.79 Å². The number of Topliss-reactive ketones (excluding diaryl/α,β-unsaturated/α-hetero) is 1. The molecule has 2 aromatic rings. The highest BCUT2D eigenvalue weighted by Crippen LogP contribution is 2.26. The molecule has 1 aromatic heterocycles. The van der Waals surface area contributed by atoms with E-state index in [2.05, 4.69) is 10.2 Å². The number of carbonyl (C=O) groups is 1. The molecule has 0 fully saturated rings. The van der Waals surface area contributed by atoms with E-state index in [1.165, 1.54) is 23.1 Å². The molecule has 0 amide bonds. The zero-order valence-electron chi connectivity index (χ0n) is 8.96. The first-order chi connectivity index (χ1) is 8.16. The van der Waals surface area contributed by atoms with Crippen LogP contribution in [0.15, 0.2) is 34.1 Å². The summed E-state index contributed by atoms with van der Waals surface area (Å²) in [7, 11) is 0. The Morgan fingerprint density at radius 1 is 1.41 bits per heavy atom. The number of rotatable bonds is 4. The van der Waals surface area contributed by atoms with Gasteiger partial charge in [0, 0.05) is 10.6 Å². The number of hydrogen-bond donors (Lipinski definition) is 0.